The summed E-state index contributed by atoms with van der Waals surface area (Å²) in [5, 5.41) is 18.7. The fourth-order valence-electron chi connectivity index (χ4n) is 3.71. The Kier molecular flexibility index (Phi) is 4.93. The zero-order valence-electron chi connectivity index (χ0n) is 17.1. The Morgan fingerprint density at radius 3 is 2.97 bits per heavy atom. The van der Waals surface area contributed by atoms with Crippen LogP contribution in [0.1, 0.15) is 34.5 Å². The minimum atomic E-state index is -0.687. The van der Waals surface area contributed by atoms with Crippen LogP contribution in [0, 0.1) is 22.6 Å². The van der Waals surface area contributed by atoms with Gasteiger partial charge in [0, 0.05) is 23.9 Å². The summed E-state index contributed by atoms with van der Waals surface area (Å²) in [6.07, 6.45) is 6.65. The molecule has 2 aromatic carbocycles. The van der Waals surface area contributed by atoms with Gasteiger partial charge in [0.15, 0.2) is 0 Å². The van der Waals surface area contributed by atoms with Crippen molar-refractivity contribution in [1.29, 1.82) is 10.8 Å². The van der Waals surface area contributed by atoms with E-state index >= 15 is 0 Å². The monoisotopic (exact) mass is 432 g/mol. The highest BCUT2D eigenvalue weighted by atomic mass is 19.1. The number of imidazole rings is 1. The van der Waals surface area contributed by atoms with E-state index in [-0.39, 0.29) is 18.0 Å². The molecule has 1 aliphatic carbocycles. The van der Waals surface area contributed by atoms with Crippen LogP contribution >= 0.6 is 0 Å². The average Bonchev–Trinajstić information content (AvgIpc) is 3.49. The molecule has 32 heavy (non-hydrogen) atoms. The number of hydrogen-bond donors (Lipinski definition) is 3. The number of amidine groups is 1. The molecule has 1 amide bonds. The molecule has 1 aliphatic heterocycles. The van der Waals surface area contributed by atoms with Gasteiger partial charge in [-0.3, -0.25) is 20.2 Å². The first kappa shape index (κ1) is 19.9. The summed E-state index contributed by atoms with van der Waals surface area (Å²) in [6.45, 7) is 0.918. The molecule has 1 aromatic heterocycles. The van der Waals surface area contributed by atoms with E-state index in [1.54, 1.807) is 46.3 Å². The highest BCUT2D eigenvalue weighted by molar-refractivity contribution is 6.07. The third-order valence-electron chi connectivity index (χ3n) is 5.63. The van der Waals surface area contributed by atoms with Crippen molar-refractivity contribution in [2.75, 3.05) is 11.9 Å². The van der Waals surface area contributed by atoms with Gasteiger partial charge < -0.3 is 15.0 Å². The minimum Gasteiger partial charge on any atom is -0.485 e. The predicted octanol–water partition coefficient (Wildman–Crippen LogP) is 3.80. The fraction of sp³-hybridized carbons (Fsp3) is 0.217. The maximum atomic E-state index is 14.7. The lowest BCUT2D eigenvalue weighted by Crippen LogP contribution is -2.31. The molecule has 0 saturated heterocycles. The number of anilines is 1. The average molecular weight is 432 g/mol. The normalized spacial score (nSPS) is 14.0. The highest BCUT2D eigenvalue weighted by Gasteiger charge is 2.26. The molecule has 0 unspecified atom stereocenters. The second kappa shape index (κ2) is 7.92. The maximum absolute atomic E-state index is 14.7. The van der Waals surface area contributed by atoms with Gasteiger partial charge in [-0.1, -0.05) is 12.1 Å². The van der Waals surface area contributed by atoms with Gasteiger partial charge in [-0.25, -0.2) is 9.37 Å². The molecule has 0 spiro atoms. The molecule has 0 radical (unpaired) electrons. The number of carbonyl (C=O) groups excluding carboxylic acids is 1. The van der Waals surface area contributed by atoms with Crippen LogP contribution in [-0.2, 0) is 6.61 Å². The van der Waals surface area contributed by atoms with Crippen LogP contribution in [0.15, 0.2) is 48.9 Å². The molecule has 2 heterocycles. The van der Waals surface area contributed by atoms with E-state index in [4.69, 9.17) is 15.6 Å². The topological polar surface area (TPSA) is 107 Å². The van der Waals surface area contributed by atoms with Crippen LogP contribution in [0.2, 0.25) is 0 Å². The number of benzene rings is 2. The van der Waals surface area contributed by atoms with Crippen LogP contribution in [-0.4, -0.2) is 39.1 Å². The third kappa shape index (κ3) is 3.73. The lowest BCUT2D eigenvalue weighted by molar-refractivity contribution is 0.102. The number of aromatic nitrogens is 2. The summed E-state index contributed by atoms with van der Waals surface area (Å²) in [4.78, 5) is 18.6. The summed E-state index contributed by atoms with van der Waals surface area (Å²) in [5.74, 6) is -0.238. The van der Waals surface area contributed by atoms with Crippen molar-refractivity contribution < 1.29 is 13.9 Å². The number of rotatable bonds is 6. The lowest BCUT2D eigenvalue weighted by Gasteiger charge is -2.21. The van der Waals surface area contributed by atoms with Crippen LogP contribution in [0.25, 0.3) is 5.69 Å². The first-order valence-corrected chi connectivity index (χ1v) is 10.3. The van der Waals surface area contributed by atoms with Crippen molar-refractivity contribution in [2.24, 2.45) is 5.92 Å². The third-order valence-corrected chi connectivity index (χ3v) is 5.63. The second-order valence-corrected chi connectivity index (χ2v) is 7.95. The van der Waals surface area contributed by atoms with Crippen LogP contribution in [0.4, 0.5) is 10.1 Å². The molecule has 0 bridgehead atoms. The number of nitrogens with one attached hydrogen (secondary N) is 3. The van der Waals surface area contributed by atoms with E-state index in [0.717, 1.165) is 24.9 Å². The summed E-state index contributed by atoms with van der Waals surface area (Å²) in [5.41, 5.74) is 2.24. The molecule has 162 valence electrons. The quantitative estimate of drug-likeness (QED) is 0.407. The summed E-state index contributed by atoms with van der Waals surface area (Å²) < 4.78 is 22.0. The summed E-state index contributed by atoms with van der Waals surface area (Å²) in [6, 6.07) is 9.45. The van der Waals surface area contributed by atoms with Crippen LogP contribution in [0.3, 0.4) is 0 Å². The Bertz CT molecular complexity index is 1230. The van der Waals surface area contributed by atoms with E-state index in [2.05, 4.69) is 10.3 Å². The Hall–Kier alpha value is -4.01. The van der Waals surface area contributed by atoms with Crippen molar-refractivity contribution in [1.82, 2.24) is 14.5 Å². The molecule has 0 atom stereocenters. The van der Waals surface area contributed by atoms with Gasteiger partial charge in [-0.2, -0.15) is 0 Å². The fourth-order valence-corrected chi connectivity index (χ4v) is 3.71. The zero-order chi connectivity index (χ0) is 22.2. The number of hydrogen-bond acceptors (Lipinski definition) is 5. The standard InChI is InChI=1S/C23H21FN6O2/c24-19-8-21-20(30-13-27-9-17(30)11-32-21)7-18(19)23(31)28-16-3-1-2-15(6-16)22(26)29(12-25)10-14-4-5-14/h1-3,6-9,12-14,25-26H,4-5,10-11H2,(H,28,31). The Morgan fingerprint density at radius 2 is 2.19 bits per heavy atom. The summed E-state index contributed by atoms with van der Waals surface area (Å²) >= 11 is 0. The number of amides is 1. The van der Waals surface area contributed by atoms with Gasteiger partial charge in [-0.15, -0.1) is 0 Å². The van der Waals surface area contributed by atoms with Crippen LogP contribution in [0.5, 0.6) is 5.75 Å². The van der Waals surface area contributed by atoms with E-state index in [1.165, 1.54) is 12.1 Å². The van der Waals surface area contributed by atoms with E-state index in [0.29, 0.717) is 35.2 Å². The van der Waals surface area contributed by atoms with Gasteiger partial charge >= 0.3 is 0 Å². The van der Waals surface area contributed by atoms with E-state index < -0.39 is 11.7 Å². The lowest BCUT2D eigenvalue weighted by atomic mass is 10.1. The van der Waals surface area contributed by atoms with Crippen molar-refractivity contribution in [3.05, 3.63) is 71.6 Å². The molecule has 1 fully saturated rings. The largest absolute Gasteiger partial charge is 0.485 e. The molecule has 2 aliphatic rings. The highest BCUT2D eigenvalue weighted by Crippen LogP contribution is 2.32. The molecule has 8 nitrogen and oxygen atoms in total. The SMILES string of the molecule is N=CN(CC1CC1)C(=N)c1cccc(NC(=O)c2cc3c(cc2F)OCc2cncn2-3)c1. The van der Waals surface area contributed by atoms with Crippen molar-refractivity contribution in [3.8, 4) is 11.4 Å². The van der Waals surface area contributed by atoms with Crippen molar-refractivity contribution in [3.63, 3.8) is 0 Å². The number of fused-ring (bicyclic) bond motifs is 3. The Labute approximate surface area is 183 Å². The summed E-state index contributed by atoms with van der Waals surface area (Å²) in [7, 11) is 0. The van der Waals surface area contributed by atoms with Crippen molar-refractivity contribution >= 4 is 23.8 Å². The maximum Gasteiger partial charge on any atom is 0.258 e. The van der Waals surface area contributed by atoms with E-state index in [1.807, 2.05) is 0 Å². The molecule has 3 N–H and O–H groups in total. The number of nitrogens with zero attached hydrogens (tertiary/aromatic N) is 3. The Balaban J connectivity index is 1.38. The van der Waals surface area contributed by atoms with Gasteiger partial charge in [0.05, 0.1) is 35.8 Å². The molecule has 3 aromatic rings. The number of halogens is 1. The first-order chi connectivity index (χ1) is 15.5. The zero-order valence-corrected chi connectivity index (χ0v) is 17.1. The molecule has 5 rings (SSSR count). The molecule has 1 saturated carbocycles. The van der Waals surface area contributed by atoms with Gasteiger partial charge in [0.2, 0.25) is 0 Å². The van der Waals surface area contributed by atoms with Gasteiger partial charge in [-0.05, 0) is 37.0 Å². The Morgan fingerprint density at radius 1 is 1.34 bits per heavy atom. The molecular weight excluding hydrogens is 411 g/mol. The first-order valence-electron chi connectivity index (χ1n) is 10.3. The predicted molar refractivity (Wildman–Crippen MR) is 117 cm³/mol. The smallest absolute Gasteiger partial charge is 0.258 e. The van der Waals surface area contributed by atoms with Crippen molar-refractivity contribution in [2.45, 2.75) is 19.4 Å². The van der Waals surface area contributed by atoms with E-state index in [9.17, 15) is 9.18 Å². The van der Waals surface area contributed by atoms with Gasteiger partial charge in [0.1, 0.15) is 24.0 Å². The van der Waals surface area contributed by atoms with Crippen LogP contribution < -0.4 is 10.1 Å². The molecular formula is C23H21FN6O2. The second-order valence-electron chi connectivity index (χ2n) is 7.95. The number of carbonyl (C=O) groups is 1. The minimum absolute atomic E-state index is 0.121. The molecule has 9 heteroatoms. The van der Waals surface area contributed by atoms with Gasteiger partial charge in [0.25, 0.3) is 5.91 Å². The number of ether oxygens (including phenoxy) is 1.